The smallest absolute Gasteiger partial charge is 0.175 e. The Morgan fingerprint density at radius 3 is 2.19 bits per heavy atom. The summed E-state index contributed by atoms with van der Waals surface area (Å²) < 4.78 is 2.07. The van der Waals surface area contributed by atoms with Gasteiger partial charge in [0, 0.05) is 18.1 Å². The summed E-state index contributed by atoms with van der Waals surface area (Å²) in [6.45, 7) is 8.71. The van der Waals surface area contributed by atoms with Gasteiger partial charge in [0.25, 0.3) is 0 Å². The molecule has 0 atom stereocenters. The number of thiocarbonyl (C=S) groups is 1. The van der Waals surface area contributed by atoms with Gasteiger partial charge in [0.1, 0.15) is 0 Å². The summed E-state index contributed by atoms with van der Waals surface area (Å²) in [7, 11) is 0. The van der Waals surface area contributed by atoms with Crippen LogP contribution in [0.3, 0.4) is 0 Å². The number of hydrogen-bond donors (Lipinski definition) is 2. The van der Waals surface area contributed by atoms with Gasteiger partial charge in [0.05, 0.1) is 11.4 Å². The van der Waals surface area contributed by atoms with Gasteiger partial charge in [-0.1, -0.05) is 39.0 Å². The molecule has 0 radical (unpaired) electrons. The molecule has 26 heavy (non-hydrogen) atoms. The van der Waals surface area contributed by atoms with Gasteiger partial charge in [-0.3, -0.25) is 0 Å². The Bertz CT molecular complexity index is 888. The molecule has 0 amide bonds. The quantitative estimate of drug-likeness (QED) is 0.568. The second-order valence-electron chi connectivity index (χ2n) is 7.52. The Balaban J connectivity index is 1.75. The number of benzene rings is 2. The van der Waals surface area contributed by atoms with Crippen LogP contribution >= 0.6 is 12.2 Å². The van der Waals surface area contributed by atoms with Crippen molar-refractivity contribution in [3.05, 3.63) is 78.1 Å². The number of anilines is 2. The Morgan fingerprint density at radius 2 is 1.58 bits per heavy atom. The van der Waals surface area contributed by atoms with Crippen LogP contribution in [-0.4, -0.2) is 9.68 Å². The van der Waals surface area contributed by atoms with Gasteiger partial charge in [0.2, 0.25) is 0 Å². The molecule has 3 aromatic rings. The van der Waals surface area contributed by atoms with E-state index in [1.807, 2.05) is 24.5 Å². The van der Waals surface area contributed by atoms with Crippen LogP contribution in [0.2, 0.25) is 0 Å². The zero-order valence-electron chi connectivity index (χ0n) is 15.7. The normalized spacial score (nSPS) is 11.2. The van der Waals surface area contributed by atoms with E-state index in [1.54, 1.807) is 0 Å². The lowest BCUT2D eigenvalue weighted by Gasteiger charge is -2.20. The van der Waals surface area contributed by atoms with Crippen molar-refractivity contribution in [2.75, 3.05) is 10.6 Å². The van der Waals surface area contributed by atoms with Crippen molar-refractivity contribution in [1.29, 1.82) is 0 Å². The number of hydrogen-bond acceptors (Lipinski definition) is 1. The molecule has 0 aliphatic carbocycles. The zero-order chi connectivity index (χ0) is 18.7. The fourth-order valence-electron chi connectivity index (χ4n) is 2.81. The van der Waals surface area contributed by atoms with E-state index in [9.17, 15) is 0 Å². The predicted molar refractivity (Wildman–Crippen MR) is 115 cm³/mol. The van der Waals surface area contributed by atoms with Crippen LogP contribution in [0.1, 0.15) is 31.9 Å². The van der Waals surface area contributed by atoms with E-state index in [2.05, 4.69) is 85.4 Å². The Kier molecular flexibility index (Phi) is 5.14. The maximum absolute atomic E-state index is 5.53. The summed E-state index contributed by atoms with van der Waals surface area (Å²) >= 11 is 5.53. The van der Waals surface area contributed by atoms with Gasteiger partial charge >= 0.3 is 0 Å². The molecule has 0 saturated carbocycles. The van der Waals surface area contributed by atoms with Crippen LogP contribution in [-0.2, 0) is 5.41 Å². The summed E-state index contributed by atoms with van der Waals surface area (Å²) in [6, 6.07) is 18.7. The van der Waals surface area contributed by atoms with E-state index in [4.69, 9.17) is 12.2 Å². The lowest BCUT2D eigenvalue weighted by molar-refractivity contribution is 0.590. The highest BCUT2D eigenvalue weighted by atomic mass is 32.1. The van der Waals surface area contributed by atoms with Crippen molar-refractivity contribution in [2.45, 2.75) is 33.1 Å². The van der Waals surface area contributed by atoms with Gasteiger partial charge in [-0.05, 0) is 72.1 Å². The molecule has 0 spiro atoms. The van der Waals surface area contributed by atoms with E-state index in [1.165, 1.54) is 11.1 Å². The monoisotopic (exact) mass is 363 g/mol. The van der Waals surface area contributed by atoms with Crippen molar-refractivity contribution in [1.82, 2.24) is 4.57 Å². The molecular weight excluding hydrogens is 338 g/mol. The first kappa shape index (κ1) is 18.2. The highest BCUT2D eigenvalue weighted by Crippen LogP contribution is 2.25. The molecule has 1 heterocycles. The molecule has 0 saturated heterocycles. The molecule has 134 valence electrons. The second-order valence-corrected chi connectivity index (χ2v) is 7.93. The minimum atomic E-state index is 0.143. The van der Waals surface area contributed by atoms with Crippen LogP contribution in [0.5, 0.6) is 0 Å². The van der Waals surface area contributed by atoms with Gasteiger partial charge in [-0.25, -0.2) is 0 Å². The fraction of sp³-hybridized carbons (Fsp3) is 0.227. The highest BCUT2D eigenvalue weighted by molar-refractivity contribution is 7.80. The summed E-state index contributed by atoms with van der Waals surface area (Å²) in [6.07, 6.45) is 4.05. The van der Waals surface area contributed by atoms with Crippen LogP contribution in [0, 0.1) is 6.92 Å². The number of nitrogens with one attached hydrogen (secondary N) is 2. The molecule has 3 nitrogen and oxygen atoms in total. The van der Waals surface area contributed by atoms with Crippen molar-refractivity contribution in [2.24, 2.45) is 0 Å². The van der Waals surface area contributed by atoms with E-state index in [-0.39, 0.29) is 5.41 Å². The average molecular weight is 364 g/mol. The number of nitrogens with zero attached hydrogens (tertiary/aromatic N) is 1. The predicted octanol–water partition coefficient (Wildman–Crippen LogP) is 5.89. The molecule has 0 aliphatic rings. The largest absolute Gasteiger partial charge is 0.332 e. The number of rotatable bonds is 3. The van der Waals surface area contributed by atoms with Crippen LogP contribution in [0.25, 0.3) is 5.69 Å². The lowest BCUT2D eigenvalue weighted by Crippen LogP contribution is -2.20. The van der Waals surface area contributed by atoms with E-state index < -0.39 is 0 Å². The first-order valence-corrected chi connectivity index (χ1v) is 9.16. The van der Waals surface area contributed by atoms with Crippen molar-refractivity contribution < 1.29 is 0 Å². The van der Waals surface area contributed by atoms with Crippen LogP contribution in [0.4, 0.5) is 11.4 Å². The first-order valence-electron chi connectivity index (χ1n) is 8.75. The van der Waals surface area contributed by atoms with Gasteiger partial charge < -0.3 is 15.2 Å². The fourth-order valence-corrected chi connectivity index (χ4v) is 3.04. The SMILES string of the molecule is Cc1ccc(-n2cccc2)c(NC(=S)Nc2ccc(C(C)(C)C)cc2)c1. The molecular formula is C22H25N3S. The van der Waals surface area contributed by atoms with Gasteiger partial charge in [0.15, 0.2) is 5.11 Å². The third-order valence-corrected chi connectivity index (χ3v) is 4.50. The number of aromatic nitrogens is 1. The second kappa shape index (κ2) is 7.34. The van der Waals surface area contributed by atoms with Crippen molar-refractivity contribution in [3.8, 4) is 5.69 Å². The molecule has 3 rings (SSSR count). The third kappa shape index (κ3) is 4.33. The third-order valence-electron chi connectivity index (χ3n) is 4.29. The summed E-state index contributed by atoms with van der Waals surface area (Å²) in [5.41, 5.74) is 5.64. The van der Waals surface area contributed by atoms with Crippen molar-refractivity contribution in [3.63, 3.8) is 0 Å². The summed E-state index contributed by atoms with van der Waals surface area (Å²) in [5.74, 6) is 0. The first-order chi connectivity index (χ1) is 12.3. The Hall–Kier alpha value is -2.59. The average Bonchev–Trinajstić information content (AvgIpc) is 3.09. The van der Waals surface area contributed by atoms with E-state index >= 15 is 0 Å². The standard InChI is InChI=1S/C22H25N3S/c1-16-7-12-20(25-13-5-6-14-25)19(15-16)24-21(26)23-18-10-8-17(9-11-18)22(2,3)4/h5-15H,1-4H3,(H2,23,24,26). The maximum Gasteiger partial charge on any atom is 0.175 e. The Morgan fingerprint density at radius 1 is 0.923 bits per heavy atom. The van der Waals surface area contributed by atoms with Crippen molar-refractivity contribution >= 4 is 28.7 Å². The van der Waals surface area contributed by atoms with E-state index in [0.717, 1.165) is 17.1 Å². The molecule has 2 aromatic carbocycles. The molecule has 4 heteroatoms. The summed E-state index contributed by atoms with van der Waals surface area (Å²) in [4.78, 5) is 0. The topological polar surface area (TPSA) is 29.0 Å². The highest BCUT2D eigenvalue weighted by Gasteiger charge is 2.13. The maximum atomic E-state index is 5.53. The van der Waals surface area contributed by atoms with Gasteiger partial charge in [-0.2, -0.15) is 0 Å². The van der Waals surface area contributed by atoms with Crippen LogP contribution < -0.4 is 10.6 Å². The molecule has 0 bridgehead atoms. The molecule has 0 aliphatic heterocycles. The zero-order valence-corrected chi connectivity index (χ0v) is 16.5. The van der Waals surface area contributed by atoms with E-state index in [0.29, 0.717) is 5.11 Å². The lowest BCUT2D eigenvalue weighted by atomic mass is 9.87. The molecule has 0 fully saturated rings. The minimum Gasteiger partial charge on any atom is -0.332 e. The molecule has 2 N–H and O–H groups in total. The summed E-state index contributed by atoms with van der Waals surface area (Å²) in [5, 5.41) is 7.18. The Labute approximate surface area is 161 Å². The molecule has 0 unspecified atom stereocenters. The number of aryl methyl sites for hydroxylation is 1. The van der Waals surface area contributed by atoms with Gasteiger partial charge in [-0.15, -0.1) is 0 Å². The molecule has 1 aromatic heterocycles. The van der Waals surface area contributed by atoms with Crippen LogP contribution in [0.15, 0.2) is 67.0 Å². The minimum absolute atomic E-state index is 0.143.